The molecule has 0 aliphatic rings. The molecule has 2 aromatic heterocycles. The second kappa shape index (κ2) is 6.73. The molecule has 4 rings (SSSR count). The van der Waals surface area contributed by atoms with Gasteiger partial charge in [-0.05, 0) is 29.1 Å². The molecule has 4 aromatic rings. The van der Waals surface area contributed by atoms with Crippen LogP contribution in [0.2, 0.25) is 0 Å². The first-order valence-corrected chi connectivity index (χ1v) is 10.4. The first-order chi connectivity index (χ1) is 13.4. The van der Waals surface area contributed by atoms with Crippen LogP contribution in [-0.4, -0.2) is 24.2 Å². The van der Waals surface area contributed by atoms with E-state index >= 15 is 0 Å². The maximum Gasteiger partial charge on any atom is 0.340 e. The summed E-state index contributed by atoms with van der Waals surface area (Å²) in [5, 5.41) is 5.91. The number of carbonyl (C=O) groups is 1. The maximum absolute atomic E-state index is 15.0. The lowest BCUT2D eigenvalue weighted by Crippen LogP contribution is -2.21. The zero-order chi connectivity index (χ0) is 19.9. The summed E-state index contributed by atoms with van der Waals surface area (Å²) in [5.41, 5.74) is 6.32. The van der Waals surface area contributed by atoms with Gasteiger partial charge in [0, 0.05) is 16.6 Å². The molecular formula is C18H13FN4O3S2. The van der Waals surface area contributed by atoms with Gasteiger partial charge in [-0.1, -0.05) is 30.3 Å². The highest BCUT2D eigenvalue weighted by atomic mass is 32.2. The zero-order valence-corrected chi connectivity index (χ0v) is 15.8. The van der Waals surface area contributed by atoms with Gasteiger partial charge in [0.25, 0.3) is 10.0 Å². The van der Waals surface area contributed by atoms with E-state index in [0.717, 1.165) is 16.0 Å². The van der Waals surface area contributed by atoms with E-state index in [4.69, 9.17) is 5.73 Å². The number of fused-ring (bicyclic) bond motifs is 1. The fraction of sp³-hybridized carbons (Fsp3) is 0. The molecule has 0 aliphatic carbocycles. The van der Waals surface area contributed by atoms with E-state index in [1.807, 2.05) is 0 Å². The van der Waals surface area contributed by atoms with Gasteiger partial charge in [0.05, 0.1) is 6.20 Å². The lowest BCUT2D eigenvalue weighted by molar-refractivity contribution is 0.248. The Kier molecular flexibility index (Phi) is 4.36. The molecule has 7 nitrogen and oxygen atoms in total. The predicted octanol–water partition coefficient (Wildman–Crippen LogP) is 3.63. The lowest BCUT2D eigenvalue weighted by atomic mass is 10.0. The Labute approximate surface area is 163 Å². The van der Waals surface area contributed by atoms with Crippen LogP contribution >= 0.6 is 11.3 Å². The van der Waals surface area contributed by atoms with Crippen molar-refractivity contribution in [1.29, 1.82) is 0 Å². The van der Waals surface area contributed by atoms with Gasteiger partial charge in [-0.2, -0.15) is 9.78 Å². The van der Waals surface area contributed by atoms with Crippen LogP contribution in [0.3, 0.4) is 0 Å². The number of aromatic nitrogens is 2. The molecule has 0 atom stereocenters. The average Bonchev–Trinajstić information content (AvgIpc) is 3.33. The molecule has 0 bridgehead atoms. The molecule has 28 heavy (non-hydrogen) atoms. The van der Waals surface area contributed by atoms with Crippen LogP contribution in [0.15, 0.2) is 64.3 Å². The molecule has 0 saturated heterocycles. The van der Waals surface area contributed by atoms with Gasteiger partial charge in [0.1, 0.15) is 9.73 Å². The molecule has 0 saturated carbocycles. The van der Waals surface area contributed by atoms with E-state index in [-0.39, 0.29) is 15.3 Å². The molecule has 2 aromatic carbocycles. The Morgan fingerprint density at radius 2 is 1.89 bits per heavy atom. The molecule has 10 heteroatoms. The summed E-state index contributed by atoms with van der Waals surface area (Å²) in [6, 6.07) is 11.7. The Balaban J connectivity index is 1.69. The Morgan fingerprint density at radius 1 is 1.14 bits per heavy atom. The SMILES string of the molecule is NC(=O)n1ncc2ccc(-c3ccc(NS(=O)(=O)c4cccs4)cc3)c(F)c21. The zero-order valence-electron chi connectivity index (χ0n) is 14.2. The van der Waals surface area contributed by atoms with Crippen molar-refractivity contribution in [3.05, 3.63) is 65.9 Å². The van der Waals surface area contributed by atoms with Gasteiger partial charge in [-0.25, -0.2) is 17.6 Å². The summed E-state index contributed by atoms with van der Waals surface area (Å²) >= 11 is 1.11. The Morgan fingerprint density at radius 3 is 2.54 bits per heavy atom. The third kappa shape index (κ3) is 3.12. The van der Waals surface area contributed by atoms with E-state index in [0.29, 0.717) is 16.6 Å². The van der Waals surface area contributed by atoms with Gasteiger partial charge in [0.15, 0.2) is 5.82 Å². The highest BCUT2D eigenvalue weighted by Crippen LogP contribution is 2.30. The number of nitrogens with two attached hydrogens (primary N) is 1. The first kappa shape index (κ1) is 18.1. The summed E-state index contributed by atoms with van der Waals surface area (Å²) in [6.45, 7) is 0. The minimum atomic E-state index is -3.66. The first-order valence-electron chi connectivity index (χ1n) is 7.99. The van der Waals surface area contributed by atoms with Crippen LogP contribution in [0.25, 0.3) is 22.0 Å². The largest absolute Gasteiger partial charge is 0.350 e. The summed E-state index contributed by atoms with van der Waals surface area (Å²) in [7, 11) is -3.66. The van der Waals surface area contributed by atoms with E-state index in [1.54, 1.807) is 35.7 Å². The molecule has 0 unspecified atom stereocenters. The molecule has 0 aliphatic heterocycles. The summed E-state index contributed by atoms with van der Waals surface area (Å²) in [4.78, 5) is 11.4. The number of halogens is 1. The molecule has 2 heterocycles. The number of hydrogen-bond acceptors (Lipinski definition) is 5. The van der Waals surface area contributed by atoms with Crippen LogP contribution in [0.4, 0.5) is 14.9 Å². The van der Waals surface area contributed by atoms with Crippen LogP contribution in [0.1, 0.15) is 0 Å². The average molecular weight is 416 g/mol. The molecule has 1 amide bonds. The number of hydrogen-bond donors (Lipinski definition) is 2. The number of nitrogens with one attached hydrogen (secondary N) is 1. The number of amides is 1. The van der Waals surface area contributed by atoms with Gasteiger partial charge < -0.3 is 5.73 Å². The Bertz CT molecular complexity index is 1280. The van der Waals surface area contributed by atoms with Crippen molar-refractivity contribution in [1.82, 2.24) is 9.78 Å². The normalized spacial score (nSPS) is 11.6. The van der Waals surface area contributed by atoms with Gasteiger partial charge in [-0.3, -0.25) is 4.72 Å². The second-order valence-electron chi connectivity index (χ2n) is 5.87. The van der Waals surface area contributed by atoms with Crippen molar-refractivity contribution in [2.75, 3.05) is 4.72 Å². The van der Waals surface area contributed by atoms with E-state index < -0.39 is 21.9 Å². The summed E-state index contributed by atoms with van der Waals surface area (Å²) in [6.07, 6.45) is 1.36. The van der Waals surface area contributed by atoms with E-state index in [2.05, 4.69) is 9.82 Å². The highest BCUT2D eigenvalue weighted by molar-refractivity contribution is 7.94. The molecule has 3 N–H and O–H groups in total. The highest BCUT2D eigenvalue weighted by Gasteiger charge is 2.18. The second-order valence-corrected chi connectivity index (χ2v) is 8.73. The van der Waals surface area contributed by atoms with Crippen molar-refractivity contribution >= 4 is 44.0 Å². The topological polar surface area (TPSA) is 107 Å². The minimum Gasteiger partial charge on any atom is -0.350 e. The van der Waals surface area contributed by atoms with Crippen LogP contribution in [0, 0.1) is 5.82 Å². The van der Waals surface area contributed by atoms with Crippen molar-refractivity contribution in [3.63, 3.8) is 0 Å². The Hall–Kier alpha value is -3.24. The number of carbonyl (C=O) groups excluding carboxylic acids is 1. The minimum absolute atomic E-state index is 0.00697. The number of nitrogens with zero attached hydrogens (tertiary/aromatic N) is 2. The number of thiophene rings is 1. The molecule has 0 spiro atoms. The van der Waals surface area contributed by atoms with Gasteiger partial charge >= 0.3 is 6.03 Å². The molecule has 0 radical (unpaired) electrons. The van der Waals surface area contributed by atoms with E-state index in [9.17, 15) is 17.6 Å². The third-order valence-electron chi connectivity index (χ3n) is 4.09. The fourth-order valence-electron chi connectivity index (χ4n) is 2.81. The number of benzene rings is 2. The lowest BCUT2D eigenvalue weighted by Gasteiger charge is -2.09. The van der Waals surface area contributed by atoms with Crippen molar-refractivity contribution < 1.29 is 17.6 Å². The molecular weight excluding hydrogens is 403 g/mol. The van der Waals surface area contributed by atoms with Gasteiger partial charge in [-0.15, -0.1) is 11.3 Å². The number of anilines is 1. The van der Waals surface area contributed by atoms with Gasteiger partial charge in [0.2, 0.25) is 0 Å². The van der Waals surface area contributed by atoms with Crippen LogP contribution < -0.4 is 10.5 Å². The number of primary amides is 1. The van der Waals surface area contributed by atoms with Crippen molar-refractivity contribution in [2.24, 2.45) is 5.73 Å². The maximum atomic E-state index is 15.0. The van der Waals surface area contributed by atoms with Crippen LogP contribution in [-0.2, 0) is 10.0 Å². The summed E-state index contributed by atoms with van der Waals surface area (Å²) in [5.74, 6) is -0.638. The monoisotopic (exact) mass is 416 g/mol. The van der Waals surface area contributed by atoms with Crippen molar-refractivity contribution in [3.8, 4) is 11.1 Å². The molecule has 142 valence electrons. The summed E-state index contributed by atoms with van der Waals surface area (Å²) < 4.78 is 43.0. The quantitative estimate of drug-likeness (QED) is 0.530. The standard InChI is InChI=1S/C18H13FN4O3S2/c19-16-14(8-5-12-10-21-23(17(12)16)18(20)24)11-3-6-13(7-4-11)22-28(25,26)15-2-1-9-27-15/h1-10,22H,(H2,20,24). The predicted molar refractivity (Wildman–Crippen MR) is 105 cm³/mol. The molecule has 0 fully saturated rings. The van der Waals surface area contributed by atoms with Crippen LogP contribution in [0.5, 0.6) is 0 Å². The van der Waals surface area contributed by atoms with Crippen molar-refractivity contribution in [2.45, 2.75) is 4.21 Å². The van der Waals surface area contributed by atoms with E-state index in [1.165, 1.54) is 24.4 Å². The fourth-order valence-corrected chi connectivity index (χ4v) is 4.86. The number of sulfonamides is 1. The number of rotatable bonds is 4. The third-order valence-corrected chi connectivity index (χ3v) is 6.87. The smallest absolute Gasteiger partial charge is 0.340 e.